The molecule has 0 aliphatic carbocycles. The van der Waals surface area contributed by atoms with Crippen LogP contribution in [0.2, 0.25) is 0 Å². The van der Waals surface area contributed by atoms with Gasteiger partial charge < -0.3 is 34.4 Å². The van der Waals surface area contributed by atoms with E-state index in [1.54, 1.807) is 42.5 Å². The minimum atomic E-state index is -0.233. The molecule has 1 aromatic heterocycles. The maximum absolute atomic E-state index is 13.6. The highest BCUT2D eigenvalue weighted by Gasteiger charge is 2.26. The maximum atomic E-state index is 13.6. The molecule has 3 heterocycles. The van der Waals surface area contributed by atoms with Gasteiger partial charge in [-0.1, -0.05) is 24.3 Å². The van der Waals surface area contributed by atoms with Crippen molar-refractivity contribution in [3.8, 4) is 28.4 Å². The van der Waals surface area contributed by atoms with Gasteiger partial charge in [0.25, 0.3) is 11.8 Å². The number of pyridine rings is 1. The second kappa shape index (κ2) is 16.5. The summed E-state index contributed by atoms with van der Waals surface area (Å²) in [6, 6.07) is 20.2. The number of ether oxygens (including phenoxy) is 3. The van der Waals surface area contributed by atoms with Crippen molar-refractivity contribution in [1.29, 1.82) is 0 Å². The molecule has 2 aliphatic rings. The summed E-state index contributed by atoms with van der Waals surface area (Å²) in [7, 11) is 1.59. The quantitative estimate of drug-likeness (QED) is 0.301. The van der Waals surface area contributed by atoms with Gasteiger partial charge in [-0.25, -0.2) is 0 Å². The van der Waals surface area contributed by atoms with Crippen LogP contribution in [0.5, 0.6) is 17.2 Å². The van der Waals surface area contributed by atoms with E-state index in [9.17, 15) is 19.5 Å². The number of amides is 3. The first-order chi connectivity index (χ1) is 24.8. The lowest BCUT2D eigenvalue weighted by Crippen LogP contribution is -2.36. The zero-order chi connectivity index (χ0) is 35.7. The topological polar surface area (TPSA) is 131 Å². The summed E-state index contributed by atoms with van der Waals surface area (Å²) < 4.78 is 18.4. The minimum Gasteiger partial charge on any atom is -0.496 e. The second-order valence-corrected chi connectivity index (χ2v) is 12.8. The molecule has 4 bridgehead atoms. The van der Waals surface area contributed by atoms with E-state index in [1.165, 1.54) is 0 Å². The molecule has 6 rings (SSSR count). The molecule has 2 N–H and O–H groups in total. The monoisotopic (exact) mass is 692 g/mol. The third kappa shape index (κ3) is 8.67. The van der Waals surface area contributed by atoms with Crippen LogP contribution in [0, 0.1) is 6.92 Å². The highest BCUT2D eigenvalue weighted by molar-refractivity contribution is 5.96. The van der Waals surface area contributed by atoms with Gasteiger partial charge in [0.1, 0.15) is 12.4 Å². The fraction of sp³-hybridized carbons (Fsp3) is 0.350. The van der Waals surface area contributed by atoms with E-state index in [1.807, 2.05) is 54.3 Å². The Bertz CT molecular complexity index is 1860. The van der Waals surface area contributed by atoms with Crippen molar-refractivity contribution in [2.75, 3.05) is 46.5 Å². The van der Waals surface area contributed by atoms with E-state index < -0.39 is 0 Å². The normalized spacial score (nSPS) is 15.3. The Morgan fingerprint density at radius 1 is 0.882 bits per heavy atom. The Kier molecular flexibility index (Phi) is 11.5. The molecule has 0 saturated carbocycles. The van der Waals surface area contributed by atoms with E-state index in [4.69, 9.17) is 14.2 Å². The van der Waals surface area contributed by atoms with Crippen LogP contribution in [-0.2, 0) is 24.4 Å². The maximum Gasteiger partial charge on any atom is 0.255 e. The number of aliphatic hydroxyl groups excluding tert-OH is 1. The molecule has 11 nitrogen and oxygen atoms in total. The van der Waals surface area contributed by atoms with Crippen molar-refractivity contribution in [2.24, 2.45) is 0 Å². The lowest BCUT2D eigenvalue weighted by atomic mass is 9.98. The number of nitrogens with one attached hydrogen (secondary N) is 1. The van der Waals surface area contributed by atoms with Gasteiger partial charge >= 0.3 is 0 Å². The predicted octanol–water partition coefficient (Wildman–Crippen LogP) is 4.96. The van der Waals surface area contributed by atoms with Gasteiger partial charge in [0.15, 0.2) is 11.5 Å². The number of hydrogen-bond donors (Lipinski definition) is 2. The summed E-state index contributed by atoms with van der Waals surface area (Å²) in [5, 5.41) is 12.4. The van der Waals surface area contributed by atoms with Crippen LogP contribution >= 0.6 is 0 Å². The van der Waals surface area contributed by atoms with Crippen LogP contribution in [0.4, 0.5) is 0 Å². The Balaban J connectivity index is 1.28. The van der Waals surface area contributed by atoms with Crippen LogP contribution < -0.4 is 19.5 Å². The summed E-state index contributed by atoms with van der Waals surface area (Å²) in [6.07, 6.45) is 3.84. The third-order valence-corrected chi connectivity index (χ3v) is 9.20. The van der Waals surface area contributed by atoms with Crippen LogP contribution in [0.25, 0.3) is 11.1 Å². The standard InChI is InChI=1S/C40H44N4O7/c1-27-6-11-31(24-42-27)40(48)44-17-19-51-38-33(25-44)21-32-23-36(38)50-18-4-3-15-43(37(46)20-28-7-9-29(26-45)10-8-28)16-5-14-41-39(47)30-12-13-35(49-2)34(32)22-30/h6-13,21-24,45H,3-5,14-20,25-26H2,1-2H3,(H,41,47). The van der Waals surface area contributed by atoms with Crippen molar-refractivity contribution in [3.05, 3.63) is 106 Å². The number of nitrogens with zero attached hydrogens (tertiary/aromatic N) is 3. The zero-order valence-electron chi connectivity index (χ0n) is 29.2. The first-order valence-electron chi connectivity index (χ1n) is 17.4. The van der Waals surface area contributed by atoms with Gasteiger partial charge in [-0.05, 0) is 85.3 Å². The van der Waals surface area contributed by atoms with Crippen LogP contribution in [0.15, 0.2) is 72.9 Å². The van der Waals surface area contributed by atoms with E-state index in [0.29, 0.717) is 86.0 Å². The van der Waals surface area contributed by atoms with Crippen LogP contribution in [-0.4, -0.2) is 84.1 Å². The molecule has 3 aromatic carbocycles. The SMILES string of the molecule is COc1ccc2cc1-c1cc3c(c(c1)OCCCCN(C(=O)Cc1ccc(CO)cc1)CCCNC2=O)OCCN(C(=O)c1ccc(C)nc1)C3. The molecular weight excluding hydrogens is 648 g/mol. The lowest BCUT2D eigenvalue weighted by Gasteiger charge is -2.23. The number of carbonyl (C=O) groups is 3. The Hall–Kier alpha value is -5.42. The van der Waals surface area contributed by atoms with Gasteiger partial charge in [-0.2, -0.15) is 0 Å². The van der Waals surface area contributed by atoms with Crippen molar-refractivity contribution in [2.45, 2.75) is 45.8 Å². The molecule has 266 valence electrons. The molecule has 0 radical (unpaired) electrons. The number of hydrogen-bond acceptors (Lipinski definition) is 8. The van der Waals surface area contributed by atoms with Crippen molar-refractivity contribution >= 4 is 17.7 Å². The first-order valence-corrected chi connectivity index (χ1v) is 17.4. The average Bonchev–Trinajstić information content (AvgIpc) is 3.38. The van der Waals surface area contributed by atoms with Crippen molar-refractivity contribution < 1.29 is 33.7 Å². The molecule has 0 saturated heterocycles. The summed E-state index contributed by atoms with van der Waals surface area (Å²) in [4.78, 5) is 48.3. The number of aryl methyl sites for hydroxylation is 1. The number of benzene rings is 3. The number of methoxy groups -OCH3 is 1. The second-order valence-electron chi connectivity index (χ2n) is 12.8. The fourth-order valence-electron chi connectivity index (χ4n) is 6.34. The molecule has 0 atom stereocenters. The average molecular weight is 693 g/mol. The molecule has 0 spiro atoms. The van der Waals surface area contributed by atoms with Gasteiger partial charge in [-0.15, -0.1) is 0 Å². The van der Waals surface area contributed by atoms with Gasteiger partial charge in [0, 0.05) is 54.8 Å². The Labute approximate surface area is 298 Å². The van der Waals surface area contributed by atoms with Crippen LogP contribution in [0.3, 0.4) is 0 Å². The Morgan fingerprint density at radius 3 is 2.45 bits per heavy atom. The molecule has 4 aromatic rings. The summed E-state index contributed by atoms with van der Waals surface area (Å²) in [5.41, 5.74) is 5.71. The highest BCUT2D eigenvalue weighted by Crippen LogP contribution is 2.41. The highest BCUT2D eigenvalue weighted by atomic mass is 16.5. The summed E-state index contributed by atoms with van der Waals surface area (Å²) >= 11 is 0. The first kappa shape index (κ1) is 35.4. The van der Waals surface area contributed by atoms with Crippen molar-refractivity contribution in [3.63, 3.8) is 0 Å². The predicted molar refractivity (Wildman–Crippen MR) is 192 cm³/mol. The molecule has 0 unspecified atom stereocenters. The lowest BCUT2D eigenvalue weighted by molar-refractivity contribution is -0.130. The number of aliphatic hydroxyl groups is 1. The Morgan fingerprint density at radius 2 is 1.69 bits per heavy atom. The van der Waals surface area contributed by atoms with Gasteiger partial charge in [-0.3, -0.25) is 19.4 Å². The largest absolute Gasteiger partial charge is 0.496 e. The molecule has 11 heteroatoms. The molecule has 51 heavy (non-hydrogen) atoms. The van der Waals surface area contributed by atoms with Gasteiger partial charge in [0.2, 0.25) is 5.91 Å². The fourth-order valence-corrected chi connectivity index (χ4v) is 6.34. The number of carbonyl (C=O) groups excluding carboxylic acids is 3. The van der Waals surface area contributed by atoms with E-state index in [0.717, 1.165) is 27.9 Å². The zero-order valence-corrected chi connectivity index (χ0v) is 29.2. The number of aromatic nitrogens is 1. The van der Waals surface area contributed by atoms with E-state index in [-0.39, 0.29) is 43.9 Å². The van der Waals surface area contributed by atoms with E-state index in [2.05, 4.69) is 10.3 Å². The minimum absolute atomic E-state index is 0.00338. The molecule has 2 aliphatic heterocycles. The summed E-state index contributed by atoms with van der Waals surface area (Å²) in [6.45, 7) is 4.62. The molecule has 3 amide bonds. The summed E-state index contributed by atoms with van der Waals surface area (Å²) in [5.74, 6) is 1.32. The van der Waals surface area contributed by atoms with E-state index >= 15 is 0 Å². The molecule has 0 fully saturated rings. The number of rotatable bonds is 5. The number of fused-ring (bicyclic) bond motifs is 7. The smallest absolute Gasteiger partial charge is 0.255 e. The van der Waals surface area contributed by atoms with Crippen molar-refractivity contribution in [1.82, 2.24) is 20.1 Å². The van der Waals surface area contributed by atoms with Crippen LogP contribution in [0.1, 0.15) is 62.4 Å². The van der Waals surface area contributed by atoms with Gasteiger partial charge in [0.05, 0.1) is 38.9 Å². The third-order valence-electron chi connectivity index (χ3n) is 9.20. The molecular formula is C40H44N4O7.